The van der Waals surface area contributed by atoms with Crippen LogP contribution in [0.3, 0.4) is 0 Å². The quantitative estimate of drug-likeness (QED) is 0.830. The molecule has 0 spiro atoms. The average molecular weight is 237 g/mol. The molecule has 4 nitrogen and oxygen atoms in total. The van der Waals surface area contributed by atoms with E-state index in [4.69, 9.17) is 0 Å². The van der Waals surface area contributed by atoms with Crippen molar-refractivity contribution in [2.45, 2.75) is 4.90 Å². The Kier molecular flexibility index (Phi) is 2.57. The molecule has 0 aliphatic heterocycles. The molecule has 0 saturated heterocycles. The van der Waals surface area contributed by atoms with E-state index in [9.17, 15) is 13.5 Å². The molecule has 0 aliphatic carbocycles. The van der Waals surface area contributed by atoms with Gasteiger partial charge in [0.05, 0.1) is 0 Å². The molecule has 84 valence electrons. The molecule has 2 aromatic rings. The third kappa shape index (κ3) is 1.64. The molecule has 0 radical (unpaired) electrons. The Morgan fingerprint density at radius 3 is 2.50 bits per heavy atom. The predicted molar refractivity (Wildman–Crippen MR) is 61.9 cm³/mol. The van der Waals surface area contributed by atoms with E-state index in [1.807, 2.05) is 12.1 Å². The third-order valence-corrected chi connectivity index (χ3v) is 3.87. The number of benzene rings is 2. The summed E-state index contributed by atoms with van der Waals surface area (Å²) in [6.45, 7) is 0. The number of phenolic OH excluding ortho intramolecular Hbond substituents is 1. The number of fused-ring (bicyclic) bond motifs is 1. The molecule has 0 heterocycles. The minimum Gasteiger partial charge on any atom is -0.506 e. The van der Waals surface area contributed by atoms with Crippen LogP contribution in [-0.4, -0.2) is 20.6 Å². The van der Waals surface area contributed by atoms with Crippen molar-refractivity contribution in [2.24, 2.45) is 0 Å². The maximum atomic E-state index is 11.6. The van der Waals surface area contributed by atoms with Crippen molar-refractivity contribution in [2.75, 3.05) is 7.05 Å². The highest BCUT2D eigenvalue weighted by Crippen LogP contribution is 2.31. The van der Waals surface area contributed by atoms with E-state index in [1.165, 1.54) is 13.1 Å². The fourth-order valence-electron chi connectivity index (χ4n) is 1.56. The number of aromatic hydroxyl groups is 1. The van der Waals surface area contributed by atoms with Gasteiger partial charge in [-0.05, 0) is 18.5 Å². The molecule has 2 N–H and O–H groups in total. The van der Waals surface area contributed by atoms with Gasteiger partial charge in [-0.25, -0.2) is 13.1 Å². The fraction of sp³-hybridized carbons (Fsp3) is 0.0909. The van der Waals surface area contributed by atoms with Crippen LogP contribution in [0, 0.1) is 0 Å². The highest BCUT2D eigenvalue weighted by Gasteiger charge is 2.17. The Morgan fingerprint density at radius 1 is 1.12 bits per heavy atom. The summed E-state index contributed by atoms with van der Waals surface area (Å²) in [5.74, 6) is -0.215. The smallest absolute Gasteiger partial charge is 0.244 e. The van der Waals surface area contributed by atoms with Crippen molar-refractivity contribution < 1.29 is 13.5 Å². The molecule has 0 bridgehead atoms. The topological polar surface area (TPSA) is 66.4 Å². The summed E-state index contributed by atoms with van der Waals surface area (Å²) in [5.41, 5.74) is 0. The molecule has 0 aliphatic rings. The van der Waals surface area contributed by atoms with Crippen molar-refractivity contribution in [3.8, 4) is 5.75 Å². The van der Waals surface area contributed by atoms with Crippen LogP contribution in [0.1, 0.15) is 0 Å². The highest BCUT2D eigenvalue weighted by atomic mass is 32.2. The Morgan fingerprint density at radius 2 is 1.81 bits per heavy atom. The lowest BCUT2D eigenvalue weighted by molar-refractivity contribution is 0.465. The van der Waals surface area contributed by atoms with Gasteiger partial charge in [0.2, 0.25) is 10.0 Å². The number of phenols is 1. The normalized spacial score (nSPS) is 11.8. The number of hydrogen-bond donors (Lipinski definition) is 2. The first-order valence-electron chi connectivity index (χ1n) is 4.70. The van der Waals surface area contributed by atoms with E-state index >= 15 is 0 Å². The molecule has 0 aromatic heterocycles. The molecule has 16 heavy (non-hydrogen) atoms. The zero-order valence-electron chi connectivity index (χ0n) is 8.64. The summed E-state index contributed by atoms with van der Waals surface area (Å²) in [6, 6.07) is 10.1. The largest absolute Gasteiger partial charge is 0.506 e. The highest BCUT2D eigenvalue weighted by molar-refractivity contribution is 7.89. The lowest BCUT2D eigenvalue weighted by atomic mass is 10.1. The van der Waals surface area contributed by atoms with Crippen LogP contribution < -0.4 is 4.72 Å². The lowest BCUT2D eigenvalue weighted by Gasteiger charge is -2.07. The summed E-state index contributed by atoms with van der Waals surface area (Å²) in [4.78, 5) is -0.103. The van der Waals surface area contributed by atoms with Crippen LogP contribution in [0.15, 0.2) is 41.3 Å². The van der Waals surface area contributed by atoms with Crippen molar-refractivity contribution in [3.63, 3.8) is 0 Å². The molecule has 0 unspecified atom stereocenters. The zero-order valence-corrected chi connectivity index (χ0v) is 9.45. The van der Waals surface area contributed by atoms with Crippen LogP contribution in [-0.2, 0) is 10.0 Å². The monoisotopic (exact) mass is 237 g/mol. The first kappa shape index (κ1) is 10.9. The number of nitrogens with one attached hydrogen (secondary N) is 1. The Hall–Kier alpha value is -1.59. The van der Waals surface area contributed by atoms with Gasteiger partial charge in [0, 0.05) is 5.39 Å². The molecular weight excluding hydrogens is 226 g/mol. The molecule has 2 aromatic carbocycles. The van der Waals surface area contributed by atoms with Crippen molar-refractivity contribution in [3.05, 3.63) is 36.4 Å². The maximum Gasteiger partial charge on any atom is 0.244 e. The first-order valence-corrected chi connectivity index (χ1v) is 6.19. The van der Waals surface area contributed by atoms with Gasteiger partial charge in [0.25, 0.3) is 0 Å². The zero-order chi connectivity index (χ0) is 11.8. The minimum absolute atomic E-state index is 0.103. The minimum atomic E-state index is -3.62. The number of hydrogen-bond acceptors (Lipinski definition) is 3. The number of rotatable bonds is 2. The van der Waals surface area contributed by atoms with Crippen LogP contribution in [0.2, 0.25) is 0 Å². The molecular formula is C11H11NO3S. The molecule has 5 heteroatoms. The molecule has 0 atom stereocenters. The predicted octanol–water partition coefficient (Wildman–Crippen LogP) is 1.45. The van der Waals surface area contributed by atoms with Gasteiger partial charge >= 0.3 is 0 Å². The second kappa shape index (κ2) is 3.77. The Labute approximate surface area is 93.6 Å². The second-order valence-electron chi connectivity index (χ2n) is 3.34. The van der Waals surface area contributed by atoms with Crippen LogP contribution in [0.25, 0.3) is 10.8 Å². The number of sulfonamides is 1. The van der Waals surface area contributed by atoms with Gasteiger partial charge in [-0.3, -0.25) is 0 Å². The van der Waals surface area contributed by atoms with Gasteiger partial charge < -0.3 is 5.11 Å². The van der Waals surface area contributed by atoms with E-state index in [-0.39, 0.29) is 10.6 Å². The summed E-state index contributed by atoms with van der Waals surface area (Å²) in [7, 11) is -2.31. The standard InChI is InChI=1S/C11H11NO3S/c1-12-16(14,15)10-7-6-8-4-2-3-5-9(8)11(10)13/h2-7,12-13H,1H3. The van der Waals surface area contributed by atoms with Crippen LogP contribution >= 0.6 is 0 Å². The molecule has 2 rings (SSSR count). The van der Waals surface area contributed by atoms with Crippen molar-refractivity contribution in [1.82, 2.24) is 4.72 Å². The van der Waals surface area contributed by atoms with E-state index in [2.05, 4.69) is 4.72 Å². The second-order valence-corrected chi connectivity index (χ2v) is 5.20. The fourth-order valence-corrected chi connectivity index (χ4v) is 2.39. The SMILES string of the molecule is CNS(=O)(=O)c1ccc2ccccc2c1O. The Bertz CT molecular complexity index is 635. The molecule has 0 fully saturated rings. The van der Waals surface area contributed by atoms with Gasteiger partial charge in [0.1, 0.15) is 10.6 Å². The van der Waals surface area contributed by atoms with Gasteiger partial charge in [-0.15, -0.1) is 0 Å². The average Bonchev–Trinajstić information content (AvgIpc) is 2.29. The maximum absolute atomic E-state index is 11.6. The van der Waals surface area contributed by atoms with Crippen LogP contribution in [0.4, 0.5) is 0 Å². The molecule has 0 amide bonds. The third-order valence-electron chi connectivity index (χ3n) is 2.42. The summed E-state index contributed by atoms with van der Waals surface area (Å²) in [6.07, 6.45) is 0. The summed E-state index contributed by atoms with van der Waals surface area (Å²) in [5, 5.41) is 11.2. The van der Waals surface area contributed by atoms with E-state index < -0.39 is 10.0 Å². The first-order chi connectivity index (χ1) is 7.56. The van der Waals surface area contributed by atoms with Gasteiger partial charge in [0.15, 0.2) is 0 Å². The summed E-state index contributed by atoms with van der Waals surface area (Å²) < 4.78 is 25.4. The van der Waals surface area contributed by atoms with Crippen molar-refractivity contribution >= 4 is 20.8 Å². The van der Waals surface area contributed by atoms with Gasteiger partial charge in [-0.2, -0.15) is 0 Å². The molecule has 0 saturated carbocycles. The van der Waals surface area contributed by atoms with E-state index in [0.29, 0.717) is 5.39 Å². The van der Waals surface area contributed by atoms with Crippen LogP contribution in [0.5, 0.6) is 5.75 Å². The Balaban J connectivity index is 2.80. The lowest BCUT2D eigenvalue weighted by Crippen LogP contribution is -2.18. The van der Waals surface area contributed by atoms with Gasteiger partial charge in [-0.1, -0.05) is 30.3 Å². The van der Waals surface area contributed by atoms with E-state index in [0.717, 1.165) is 5.39 Å². The van der Waals surface area contributed by atoms with E-state index in [1.54, 1.807) is 18.2 Å². The summed E-state index contributed by atoms with van der Waals surface area (Å²) >= 11 is 0. The van der Waals surface area contributed by atoms with Crippen molar-refractivity contribution in [1.29, 1.82) is 0 Å².